The molecular weight excluding hydrogens is 414 g/mol. The van der Waals surface area contributed by atoms with E-state index in [0.717, 1.165) is 82.7 Å². The van der Waals surface area contributed by atoms with Gasteiger partial charge < -0.3 is 29.2 Å². The number of hydrogen-bond acceptors (Lipinski definition) is 3. The first-order chi connectivity index (χ1) is 16.2. The van der Waals surface area contributed by atoms with E-state index in [0.29, 0.717) is 0 Å². The molecule has 0 aliphatic rings. The molecule has 7 aromatic rings. The Morgan fingerprint density at radius 2 is 0.818 bits per heavy atom. The lowest BCUT2D eigenvalue weighted by molar-refractivity contribution is 0.415. The van der Waals surface area contributed by atoms with Crippen molar-refractivity contribution in [1.82, 2.24) is 15.0 Å². The second-order valence-electron chi connectivity index (χ2n) is 8.36. The van der Waals surface area contributed by atoms with Crippen molar-refractivity contribution in [2.45, 2.75) is 0 Å². The monoisotopic (exact) mass is 435 g/mol. The number of fused-ring (bicyclic) bond motifs is 12. The lowest BCUT2D eigenvalue weighted by Crippen LogP contribution is -1.82. The van der Waals surface area contributed by atoms with Gasteiger partial charge in [0.15, 0.2) is 0 Å². The largest absolute Gasteiger partial charge is 0.497 e. The van der Waals surface area contributed by atoms with Crippen LogP contribution in [-0.4, -0.2) is 36.3 Å². The Morgan fingerprint density at radius 3 is 1.27 bits per heavy atom. The highest BCUT2D eigenvalue weighted by molar-refractivity contribution is 6.39. The third-order valence-electron chi connectivity index (χ3n) is 6.77. The predicted molar refractivity (Wildman–Crippen MR) is 134 cm³/mol. The zero-order chi connectivity index (χ0) is 22.3. The zero-order valence-electron chi connectivity index (χ0n) is 18.4. The molecule has 0 aliphatic heterocycles. The molecule has 33 heavy (non-hydrogen) atoms. The lowest BCUT2D eigenvalue weighted by atomic mass is 10.0. The normalized spacial score (nSPS) is 12.1. The van der Waals surface area contributed by atoms with Crippen LogP contribution in [0.15, 0.2) is 54.6 Å². The van der Waals surface area contributed by atoms with E-state index >= 15 is 0 Å². The molecule has 0 radical (unpaired) electrons. The molecule has 6 nitrogen and oxygen atoms in total. The van der Waals surface area contributed by atoms with E-state index in [1.54, 1.807) is 21.3 Å². The molecule has 162 valence electrons. The van der Waals surface area contributed by atoms with Gasteiger partial charge in [-0.05, 0) is 54.6 Å². The number of aromatic nitrogens is 3. The maximum atomic E-state index is 5.57. The minimum Gasteiger partial charge on any atom is -0.497 e. The SMILES string of the molecule is COc1ccc2[nH]c3c4[nH]c5ccc(OC)cc5c4c4c5cc(OC)ccc5[nH]c4c3c2c1. The zero-order valence-corrected chi connectivity index (χ0v) is 18.4. The van der Waals surface area contributed by atoms with Crippen molar-refractivity contribution in [3.63, 3.8) is 0 Å². The van der Waals surface area contributed by atoms with Crippen LogP contribution in [0, 0.1) is 0 Å². The molecule has 0 saturated carbocycles. The summed E-state index contributed by atoms with van der Waals surface area (Å²) < 4.78 is 16.7. The smallest absolute Gasteiger partial charge is 0.119 e. The Hall–Kier alpha value is -4.32. The first-order valence-electron chi connectivity index (χ1n) is 10.8. The highest BCUT2D eigenvalue weighted by Gasteiger charge is 2.21. The van der Waals surface area contributed by atoms with E-state index < -0.39 is 0 Å². The van der Waals surface area contributed by atoms with Gasteiger partial charge in [0.05, 0.1) is 37.9 Å². The van der Waals surface area contributed by atoms with Crippen LogP contribution in [0.25, 0.3) is 65.4 Å². The topological polar surface area (TPSA) is 75.1 Å². The summed E-state index contributed by atoms with van der Waals surface area (Å²) in [5, 5.41) is 6.82. The quantitative estimate of drug-likeness (QED) is 0.292. The van der Waals surface area contributed by atoms with Crippen molar-refractivity contribution in [2.75, 3.05) is 21.3 Å². The van der Waals surface area contributed by atoms with Crippen molar-refractivity contribution in [3.05, 3.63) is 54.6 Å². The van der Waals surface area contributed by atoms with Crippen molar-refractivity contribution in [3.8, 4) is 17.2 Å². The Bertz CT molecular complexity index is 1890. The van der Waals surface area contributed by atoms with E-state index in [1.165, 1.54) is 0 Å². The fraction of sp³-hybridized carbons (Fsp3) is 0.111. The number of nitrogens with one attached hydrogen (secondary N) is 3. The van der Waals surface area contributed by atoms with Gasteiger partial charge in [0.2, 0.25) is 0 Å². The van der Waals surface area contributed by atoms with Crippen LogP contribution >= 0.6 is 0 Å². The molecule has 4 aromatic carbocycles. The summed E-state index contributed by atoms with van der Waals surface area (Å²) in [4.78, 5) is 11.0. The van der Waals surface area contributed by atoms with Crippen LogP contribution in [0.3, 0.4) is 0 Å². The van der Waals surface area contributed by atoms with Gasteiger partial charge in [0.1, 0.15) is 17.2 Å². The molecule has 7 rings (SSSR count). The standard InChI is InChI=1S/C27H21N3O3/c1-31-13-4-7-19-16(10-13)22-23-17-11-14(32-2)5-8-20(17)29-26(23)27-24(25(22)28-19)18-12-15(33-3)6-9-21(18)30-27/h4-12,28-30H,1-3H3. The average molecular weight is 435 g/mol. The van der Waals surface area contributed by atoms with Crippen LogP contribution < -0.4 is 14.2 Å². The lowest BCUT2D eigenvalue weighted by Gasteiger charge is -2.03. The van der Waals surface area contributed by atoms with E-state index in [-0.39, 0.29) is 0 Å². The number of ether oxygens (including phenoxy) is 3. The summed E-state index contributed by atoms with van der Waals surface area (Å²) in [5.41, 5.74) is 6.41. The first kappa shape index (κ1) is 18.3. The summed E-state index contributed by atoms with van der Waals surface area (Å²) in [6.07, 6.45) is 0. The van der Waals surface area contributed by atoms with Gasteiger partial charge in [-0.1, -0.05) is 0 Å². The molecule has 0 bridgehead atoms. The Morgan fingerprint density at radius 1 is 0.455 bits per heavy atom. The first-order valence-corrected chi connectivity index (χ1v) is 10.8. The molecule has 0 atom stereocenters. The van der Waals surface area contributed by atoms with Gasteiger partial charge in [0.25, 0.3) is 0 Å². The third kappa shape index (κ3) is 2.32. The predicted octanol–water partition coefficient (Wildman–Crippen LogP) is 6.62. The van der Waals surface area contributed by atoms with E-state index in [2.05, 4.69) is 51.4 Å². The van der Waals surface area contributed by atoms with Crippen LogP contribution in [0.4, 0.5) is 0 Å². The summed E-state index contributed by atoms with van der Waals surface area (Å²) in [5.74, 6) is 2.49. The molecule has 6 heteroatoms. The van der Waals surface area contributed by atoms with E-state index in [1.807, 2.05) is 18.2 Å². The molecular formula is C27H21N3O3. The van der Waals surface area contributed by atoms with Gasteiger partial charge in [0, 0.05) is 48.9 Å². The fourth-order valence-electron chi connectivity index (χ4n) is 5.24. The molecule has 0 amide bonds. The number of rotatable bonds is 3. The highest BCUT2D eigenvalue weighted by Crippen LogP contribution is 2.45. The van der Waals surface area contributed by atoms with E-state index in [4.69, 9.17) is 14.2 Å². The number of aromatic amines is 3. The summed E-state index contributed by atoms with van der Waals surface area (Å²) >= 11 is 0. The molecule has 0 unspecified atom stereocenters. The second-order valence-corrected chi connectivity index (χ2v) is 8.36. The van der Waals surface area contributed by atoms with Gasteiger partial charge in [-0.25, -0.2) is 0 Å². The van der Waals surface area contributed by atoms with Crippen molar-refractivity contribution >= 4 is 65.4 Å². The molecule has 3 heterocycles. The molecule has 3 N–H and O–H groups in total. The van der Waals surface area contributed by atoms with Gasteiger partial charge >= 0.3 is 0 Å². The molecule has 0 spiro atoms. The summed E-state index contributed by atoms with van der Waals surface area (Å²) in [6.45, 7) is 0. The minimum atomic E-state index is 0.828. The number of H-pyrrole nitrogens is 3. The van der Waals surface area contributed by atoms with Gasteiger partial charge in [-0.3, -0.25) is 0 Å². The Kier molecular flexibility index (Phi) is 3.52. The number of hydrogen-bond donors (Lipinski definition) is 3. The van der Waals surface area contributed by atoms with Crippen molar-refractivity contribution in [1.29, 1.82) is 0 Å². The van der Waals surface area contributed by atoms with Crippen LogP contribution in [0.5, 0.6) is 17.2 Å². The third-order valence-corrected chi connectivity index (χ3v) is 6.77. The summed E-state index contributed by atoms with van der Waals surface area (Å²) in [7, 11) is 5.10. The van der Waals surface area contributed by atoms with Gasteiger partial charge in [-0.15, -0.1) is 0 Å². The fourth-order valence-corrected chi connectivity index (χ4v) is 5.24. The maximum absolute atomic E-state index is 5.57. The summed E-state index contributed by atoms with van der Waals surface area (Å²) in [6, 6.07) is 18.5. The van der Waals surface area contributed by atoms with Crippen LogP contribution in [-0.2, 0) is 0 Å². The molecule has 0 saturated heterocycles. The van der Waals surface area contributed by atoms with E-state index in [9.17, 15) is 0 Å². The molecule has 3 aromatic heterocycles. The minimum absolute atomic E-state index is 0.828. The van der Waals surface area contributed by atoms with Gasteiger partial charge in [-0.2, -0.15) is 0 Å². The molecule has 0 fully saturated rings. The molecule has 0 aliphatic carbocycles. The Labute approximate surface area is 188 Å². The number of methoxy groups -OCH3 is 3. The number of benzene rings is 4. The average Bonchev–Trinajstić information content (AvgIpc) is 3.53. The highest BCUT2D eigenvalue weighted by atomic mass is 16.5. The van der Waals surface area contributed by atoms with Crippen molar-refractivity contribution in [2.24, 2.45) is 0 Å². The van der Waals surface area contributed by atoms with Crippen molar-refractivity contribution < 1.29 is 14.2 Å². The maximum Gasteiger partial charge on any atom is 0.119 e. The Balaban J connectivity index is 1.82. The van der Waals surface area contributed by atoms with Crippen LogP contribution in [0.2, 0.25) is 0 Å². The second kappa shape index (κ2) is 6.36. The van der Waals surface area contributed by atoms with Crippen LogP contribution in [0.1, 0.15) is 0 Å².